The molecule has 0 heterocycles. The highest BCUT2D eigenvalue weighted by Crippen LogP contribution is 2.15. The van der Waals surface area contributed by atoms with Gasteiger partial charge in [-0.05, 0) is 38.1 Å². The molecule has 1 rings (SSSR count). The zero-order chi connectivity index (χ0) is 15.0. The van der Waals surface area contributed by atoms with Crippen molar-refractivity contribution in [3.05, 3.63) is 35.1 Å². The second-order valence-corrected chi connectivity index (χ2v) is 5.13. The third kappa shape index (κ3) is 5.32. The molecule has 0 bridgehead atoms. The monoisotopic (exact) mass is 277 g/mol. The van der Waals surface area contributed by atoms with Gasteiger partial charge in [-0.2, -0.15) is 0 Å². The average molecular weight is 277 g/mol. The Labute approximate surface area is 121 Å². The highest BCUT2D eigenvalue weighted by atomic mass is 19.1. The summed E-state index contributed by atoms with van der Waals surface area (Å²) in [6.07, 6.45) is 2.71. The van der Waals surface area contributed by atoms with E-state index in [1.165, 1.54) is 12.1 Å². The maximum absolute atomic E-state index is 13.3. The van der Waals surface area contributed by atoms with E-state index in [0.29, 0.717) is 18.0 Å². The smallest absolute Gasteiger partial charge is 0.124 e. The second kappa shape index (κ2) is 8.73. The van der Waals surface area contributed by atoms with Gasteiger partial charge in [0.2, 0.25) is 0 Å². The van der Waals surface area contributed by atoms with Crippen molar-refractivity contribution in [2.45, 2.75) is 45.7 Å². The fourth-order valence-corrected chi connectivity index (χ4v) is 2.08. The molecule has 0 aromatic heterocycles. The van der Waals surface area contributed by atoms with E-state index in [9.17, 15) is 4.39 Å². The molecule has 0 saturated carbocycles. The van der Waals surface area contributed by atoms with Gasteiger partial charge in [0.15, 0.2) is 0 Å². The van der Waals surface area contributed by atoms with Gasteiger partial charge in [-0.1, -0.05) is 31.3 Å². The molecule has 110 valence electrons. The average Bonchev–Trinajstić information content (AvgIpc) is 2.42. The van der Waals surface area contributed by atoms with Crippen LogP contribution in [-0.4, -0.2) is 29.7 Å². The van der Waals surface area contributed by atoms with Crippen molar-refractivity contribution in [3.8, 4) is 11.8 Å². The first-order chi connectivity index (χ1) is 9.58. The minimum atomic E-state index is -0.272. The van der Waals surface area contributed by atoms with Crippen molar-refractivity contribution >= 4 is 0 Å². The summed E-state index contributed by atoms with van der Waals surface area (Å²) in [5.41, 5.74) is 1.75. The molecule has 0 spiro atoms. The predicted octanol–water partition coefficient (Wildman–Crippen LogP) is 3.18. The predicted molar refractivity (Wildman–Crippen MR) is 80.8 cm³/mol. The number of rotatable bonds is 6. The van der Waals surface area contributed by atoms with Crippen molar-refractivity contribution in [1.29, 1.82) is 0 Å². The van der Waals surface area contributed by atoms with Crippen LogP contribution in [-0.2, 0) is 6.54 Å². The van der Waals surface area contributed by atoms with Gasteiger partial charge in [0.1, 0.15) is 5.82 Å². The lowest BCUT2D eigenvalue weighted by atomic mass is 10.1. The Morgan fingerprint density at radius 2 is 2.15 bits per heavy atom. The molecule has 0 radical (unpaired) electrons. The third-order valence-corrected chi connectivity index (χ3v) is 3.41. The van der Waals surface area contributed by atoms with Gasteiger partial charge in [-0.25, -0.2) is 4.39 Å². The van der Waals surface area contributed by atoms with E-state index in [1.54, 1.807) is 6.07 Å². The lowest BCUT2D eigenvalue weighted by molar-refractivity contribution is 0.236. The Morgan fingerprint density at radius 3 is 2.80 bits per heavy atom. The number of aliphatic hydroxyl groups is 1. The first-order valence-electron chi connectivity index (χ1n) is 7.16. The van der Waals surface area contributed by atoms with Gasteiger partial charge in [0, 0.05) is 24.6 Å². The standard InChI is InChI=1S/C17H24FNO/c1-4-7-14(2)19(3)13-16-9-10-17(18)12-15(16)8-5-6-11-20/h9-10,12,14,20H,4,6-7,11,13H2,1-3H3. The van der Waals surface area contributed by atoms with Gasteiger partial charge in [-0.15, -0.1) is 0 Å². The van der Waals surface area contributed by atoms with Crippen molar-refractivity contribution in [2.75, 3.05) is 13.7 Å². The minimum Gasteiger partial charge on any atom is -0.395 e. The Kier molecular flexibility index (Phi) is 7.28. The molecular weight excluding hydrogens is 253 g/mol. The fraction of sp³-hybridized carbons (Fsp3) is 0.529. The van der Waals surface area contributed by atoms with Crippen LogP contribution in [0.1, 0.15) is 44.2 Å². The largest absolute Gasteiger partial charge is 0.395 e. The summed E-state index contributed by atoms with van der Waals surface area (Å²) in [7, 11) is 2.08. The highest BCUT2D eigenvalue weighted by Gasteiger charge is 2.11. The van der Waals surface area contributed by atoms with Crippen LogP contribution in [0.4, 0.5) is 4.39 Å². The summed E-state index contributed by atoms with van der Waals surface area (Å²) in [6, 6.07) is 5.24. The van der Waals surface area contributed by atoms with Crippen LogP contribution in [0, 0.1) is 17.7 Å². The van der Waals surface area contributed by atoms with Crippen molar-refractivity contribution in [3.63, 3.8) is 0 Å². The molecule has 1 atom stereocenters. The van der Waals surface area contributed by atoms with Gasteiger partial charge in [-0.3, -0.25) is 4.90 Å². The molecule has 20 heavy (non-hydrogen) atoms. The summed E-state index contributed by atoms with van der Waals surface area (Å²) in [6.45, 7) is 5.16. The third-order valence-electron chi connectivity index (χ3n) is 3.41. The maximum atomic E-state index is 13.3. The Hall–Kier alpha value is -1.37. The Morgan fingerprint density at radius 1 is 1.40 bits per heavy atom. The fourth-order valence-electron chi connectivity index (χ4n) is 2.08. The summed E-state index contributed by atoms with van der Waals surface area (Å²) in [4.78, 5) is 2.26. The number of halogens is 1. The molecule has 3 heteroatoms. The van der Waals surface area contributed by atoms with Gasteiger partial charge in [0.05, 0.1) is 6.61 Å². The van der Waals surface area contributed by atoms with E-state index in [2.05, 4.69) is 37.6 Å². The summed E-state index contributed by atoms with van der Waals surface area (Å²) < 4.78 is 13.3. The first-order valence-corrected chi connectivity index (χ1v) is 7.16. The van der Waals surface area contributed by atoms with Crippen LogP contribution < -0.4 is 0 Å². The van der Waals surface area contributed by atoms with Crippen LogP contribution in [0.3, 0.4) is 0 Å². The van der Waals surface area contributed by atoms with E-state index < -0.39 is 0 Å². The summed E-state index contributed by atoms with van der Waals surface area (Å²) in [5, 5.41) is 8.76. The van der Waals surface area contributed by atoms with E-state index in [1.807, 2.05) is 0 Å². The van der Waals surface area contributed by atoms with E-state index in [-0.39, 0.29) is 12.4 Å². The lowest BCUT2D eigenvalue weighted by Gasteiger charge is -2.24. The number of hydrogen-bond donors (Lipinski definition) is 1. The van der Waals surface area contributed by atoms with Crippen molar-refractivity contribution in [1.82, 2.24) is 4.90 Å². The molecule has 1 aromatic rings. The molecule has 1 aromatic carbocycles. The first kappa shape index (κ1) is 16.7. The number of aliphatic hydroxyl groups excluding tert-OH is 1. The zero-order valence-corrected chi connectivity index (χ0v) is 12.6. The molecule has 0 aliphatic rings. The molecule has 0 aliphatic heterocycles. The lowest BCUT2D eigenvalue weighted by Crippen LogP contribution is -2.28. The van der Waals surface area contributed by atoms with Crippen LogP contribution in [0.5, 0.6) is 0 Å². The van der Waals surface area contributed by atoms with Crippen LogP contribution in [0.25, 0.3) is 0 Å². The van der Waals surface area contributed by atoms with E-state index >= 15 is 0 Å². The molecule has 1 unspecified atom stereocenters. The Balaban J connectivity index is 2.86. The highest BCUT2D eigenvalue weighted by molar-refractivity contribution is 5.41. The van der Waals surface area contributed by atoms with Crippen LogP contribution in [0.15, 0.2) is 18.2 Å². The minimum absolute atomic E-state index is 0.0328. The van der Waals surface area contributed by atoms with E-state index in [4.69, 9.17) is 5.11 Å². The Bertz CT molecular complexity index is 476. The molecule has 0 fully saturated rings. The van der Waals surface area contributed by atoms with Crippen LogP contribution >= 0.6 is 0 Å². The second-order valence-electron chi connectivity index (χ2n) is 5.13. The van der Waals surface area contributed by atoms with Gasteiger partial charge < -0.3 is 5.11 Å². The van der Waals surface area contributed by atoms with Crippen LogP contribution in [0.2, 0.25) is 0 Å². The number of hydrogen-bond acceptors (Lipinski definition) is 2. The molecule has 1 N–H and O–H groups in total. The molecule has 0 aliphatic carbocycles. The molecule has 2 nitrogen and oxygen atoms in total. The zero-order valence-electron chi connectivity index (χ0n) is 12.6. The summed E-state index contributed by atoms with van der Waals surface area (Å²) in [5.74, 6) is 5.54. The quantitative estimate of drug-likeness (QED) is 0.807. The molecular formula is C17H24FNO. The van der Waals surface area contributed by atoms with Crippen molar-refractivity contribution < 1.29 is 9.50 Å². The van der Waals surface area contributed by atoms with Crippen molar-refractivity contribution in [2.24, 2.45) is 0 Å². The van der Waals surface area contributed by atoms with E-state index in [0.717, 1.165) is 24.9 Å². The number of nitrogens with zero attached hydrogens (tertiary/aromatic N) is 1. The molecule has 0 amide bonds. The topological polar surface area (TPSA) is 23.5 Å². The van der Waals surface area contributed by atoms with Gasteiger partial charge >= 0.3 is 0 Å². The number of benzene rings is 1. The van der Waals surface area contributed by atoms with Gasteiger partial charge in [0.25, 0.3) is 0 Å². The SMILES string of the molecule is CCCC(C)N(C)Cc1ccc(F)cc1C#CCCO. The summed E-state index contributed by atoms with van der Waals surface area (Å²) >= 11 is 0. The normalized spacial score (nSPS) is 12.1. The molecule has 0 saturated heterocycles. The maximum Gasteiger partial charge on any atom is 0.124 e.